The topological polar surface area (TPSA) is 107 Å². The molecule has 7 heteroatoms. The molecule has 3 saturated carbocycles. The summed E-state index contributed by atoms with van der Waals surface area (Å²) in [6.45, 7) is 10.2. The molecule has 4 aliphatic rings. The van der Waals surface area contributed by atoms with Crippen LogP contribution >= 0.6 is 0 Å². The SMILES string of the molecule is CC(=O)OCC(=O)[C@@]1(OC(=O)C(C)C)C(C)C[C@H]2[C@@H]3CCC4=CC(=O)C=C[C@]4(C)[C@H]3C(O)C[C@@]21C. The van der Waals surface area contributed by atoms with Gasteiger partial charge in [0.15, 0.2) is 18.0 Å². The zero-order valence-corrected chi connectivity index (χ0v) is 21.6. The van der Waals surface area contributed by atoms with Gasteiger partial charge >= 0.3 is 11.9 Å². The Balaban J connectivity index is 1.78. The van der Waals surface area contributed by atoms with Crippen molar-refractivity contribution in [1.29, 1.82) is 0 Å². The number of Topliss-reactive ketones (excluding diaryl/α,β-unsaturated/α-hetero) is 1. The molecule has 0 radical (unpaired) electrons. The predicted molar refractivity (Wildman–Crippen MR) is 128 cm³/mol. The molecule has 0 aliphatic heterocycles. The number of carbonyl (C=O) groups is 4. The Kier molecular flexibility index (Phi) is 6.40. The van der Waals surface area contributed by atoms with E-state index < -0.39 is 52.8 Å². The van der Waals surface area contributed by atoms with Crippen LogP contribution in [0.25, 0.3) is 0 Å². The van der Waals surface area contributed by atoms with Crippen molar-refractivity contribution in [1.82, 2.24) is 0 Å². The van der Waals surface area contributed by atoms with E-state index in [0.29, 0.717) is 6.42 Å². The number of hydrogen-bond acceptors (Lipinski definition) is 7. The molecule has 1 N–H and O–H groups in total. The Bertz CT molecular complexity index is 1010. The third-order valence-electron chi connectivity index (χ3n) is 9.59. The Morgan fingerprint density at radius 3 is 2.54 bits per heavy atom. The number of ketones is 2. The first-order valence-corrected chi connectivity index (χ1v) is 12.8. The summed E-state index contributed by atoms with van der Waals surface area (Å²) in [5.41, 5.74) is -1.68. The first kappa shape index (κ1) is 25.8. The van der Waals surface area contributed by atoms with Gasteiger partial charge in [-0.2, -0.15) is 0 Å². The minimum atomic E-state index is -1.49. The maximum Gasteiger partial charge on any atom is 0.309 e. The summed E-state index contributed by atoms with van der Waals surface area (Å²) < 4.78 is 11.2. The molecule has 7 nitrogen and oxygen atoms in total. The van der Waals surface area contributed by atoms with Crippen molar-refractivity contribution < 1.29 is 33.8 Å². The normalized spacial score (nSPS) is 42.0. The van der Waals surface area contributed by atoms with E-state index in [9.17, 15) is 24.3 Å². The van der Waals surface area contributed by atoms with Gasteiger partial charge in [0, 0.05) is 29.6 Å². The average molecular weight is 487 g/mol. The van der Waals surface area contributed by atoms with Crippen molar-refractivity contribution in [3.05, 3.63) is 23.8 Å². The number of esters is 2. The molecule has 35 heavy (non-hydrogen) atoms. The summed E-state index contributed by atoms with van der Waals surface area (Å²) in [7, 11) is 0. The summed E-state index contributed by atoms with van der Waals surface area (Å²) in [5.74, 6) is -2.20. The number of fused-ring (bicyclic) bond motifs is 5. The Labute approximate surface area is 207 Å². The molecule has 192 valence electrons. The van der Waals surface area contributed by atoms with Crippen LogP contribution in [0.15, 0.2) is 23.8 Å². The van der Waals surface area contributed by atoms with Gasteiger partial charge in [0.05, 0.1) is 12.0 Å². The van der Waals surface area contributed by atoms with Crippen LogP contribution in [-0.4, -0.2) is 46.9 Å². The Morgan fingerprint density at radius 1 is 1.23 bits per heavy atom. The lowest BCUT2D eigenvalue weighted by Crippen LogP contribution is -2.64. The summed E-state index contributed by atoms with van der Waals surface area (Å²) in [6.07, 6.45) is 7.00. The first-order chi connectivity index (χ1) is 16.3. The number of ether oxygens (including phenoxy) is 2. The quantitative estimate of drug-likeness (QED) is 0.592. The lowest BCUT2D eigenvalue weighted by Gasteiger charge is -2.60. The number of aliphatic hydroxyl groups is 1. The van der Waals surface area contributed by atoms with Crippen molar-refractivity contribution in [2.24, 2.45) is 40.4 Å². The fourth-order valence-corrected chi connectivity index (χ4v) is 8.06. The Hall–Kier alpha value is -2.28. The van der Waals surface area contributed by atoms with Crippen LogP contribution in [0, 0.1) is 40.4 Å². The van der Waals surface area contributed by atoms with E-state index in [1.807, 2.05) is 19.9 Å². The summed E-state index contributed by atoms with van der Waals surface area (Å²) >= 11 is 0. The van der Waals surface area contributed by atoms with Crippen LogP contribution in [0.4, 0.5) is 0 Å². The van der Waals surface area contributed by atoms with E-state index in [-0.39, 0.29) is 35.9 Å². The van der Waals surface area contributed by atoms with E-state index in [0.717, 1.165) is 18.4 Å². The predicted octanol–water partition coefficient (Wildman–Crippen LogP) is 3.58. The van der Waals surface area contributed by atoms with Crippen molar-refractivity contribution in [3.8, 4) is 0 Å². The molecular formula is C28H38O7. The second-order valence-corrected chi connectivity index (χ2v) is 11.9. The van der Waals surface area contributed by atoms with Gasteiger partial charge in [-0.1, -0.05) is 46.3 Å². The van der Waals surface area contributed by atoms with Gasteiger partial charge in [-0.25, -0.2) is 0 Å². The first-order valence-electron chi connectivity index (χ1n) is 12.8. The number of allylic oxidation sites excluding steroid dienone is 4. The lowest BCUT2D eigenvalue weighted by atomic mass is 9.46. The molecule has 0 spiro atoms. The van der Waals surface area contributed by atoms with Gasteiger partial charge in [0.25, 0.3) is 0 Å². The molecule has 0 amide bonds. The molecule has 0 aromatic carbocycles. The molecule has 8 atom stereocenters. The average Bonchev–Trinajstić information content (AvgIpc) is 2.99. The maximum atomic E-state index is 13.8. The molecule has 0 bridgehead atoms. The Morgan fingerprint density at radius 2 is 1.91 bits per heavy atom. The second-order valence-electron chi connectivity index (χ2n) is 11.9. The standard InChI is InChI=1S/C28H38O7/c1-15(2)25(33)35-28(23(32)14-34-17(4)29)16(3)11-21-20-8-7-18-12-19(30)9-10-26(18,5)24(20)22(31)13-27(21,28)6/h9-10,12,15-16,20-22,24,31H,7-8,11,13-14H2,1-6H3/t16?,20-,21-,22?,24+,26-,27-,28-/m0/s1. The smallest absolute Gasteiger partial charge is 0.309 e. The molecule has 0 saturated heterocycles. The van der Waals surface area contributed by atoms with Crippen molar-refractivity contribution >= 4 is 23.5 Å². The highest BCUT2D eigenvalue weighted by molar-refractivity contribution is 6.01. The van der Waals surface area contributed by atoms with Crippen LogP contribution in [0.3, 0.4) is 0 Å². The minimum absolute atomic E-state index is 0.0174. The number of aliphatic hydroxyl groups excluding tert-OH is 1. The molecule has 0 aromatic heterocycles. The molecule has 3 fully saturated rings. The lowest BCUT2D eigenvalue weighted by molar-refractivity contribution is -0.208. The van der Waals surface area contributed by atoms with Gasteiger partial charge < -0.3 is 14.6 Å². The number of hydrogen-bond donors (Lipinski definition) is 1. The van der Waals surface area contributed by atoms with Crippen LogP contribution in [-0.2, 0) is 28.7 Å². The molecule has 4 rings (SSSR count). The maximum absolute atomic E-state index is 13.8. The molecule has 0 aromatic rings. The van der Waals surface area contributed by atoms with Gasteiger partial charge in [-0.05, 0) is 49.7 Å². The van der Waals surface area contributed by atoms with Crippen molar-refractivity contribution in [3.63, 3.8) is 0 Å². The van der Waals surface area contributed by atoms with Crippen LogP contribution in [0.2, 0.25) is 0 Å². The van der Waals surface area contributed by atoms with Crippen LogP contribution in [0.1, 0.15) is 67.2 Å². The number of carbonyl (C=O) groups excluding carboxylic acids is 4. The summed E-state index contributed by atoms with van der Waals surface area (Å²) in [4.78, 5) is 50.3. The van der Waals surface area contributed by atoms with Crippen LogP contribution < -0.4 is 0 Å². The van der Waals surface area contributed by atoms with Crippen LogP contribution in [0.5, 0.6) is 0 Å². The highest BCUT2D eigenvalue weighted by Gasteiger charge is 2.73. The zero-order chi connectivity index (χ0) is 25.9. The van der Waals surface area contributed by atoms with Gasteiger partial charge in [-0.3, -0.25) is 19.2 Å². The van der Waals surface area contributed by atoms with Gasteiger partial charge in [-0.15, -0.1) is 0 Å². The van der Waals surface area contributed by atoms with E-state index >= 15 is 0 Å². The minimum Gasteiger partial charge on any atom is -0.458 e. The molecule has 0 heterocycles. The highest BCUT2D eigenvalue weighted by Crippen LogP contribution is 2.69. The number of rotatable bonds is 5. The van der Waals surface area contributed by atoms with Gasteiger partial charge in [0.2, 0.25) is 5.78 Å². The third kappa shape index (κ3) is 3.73. The van der Waals surface area contributed by atoms with Gasteiger partial charge in [0.1, 0.15) is 0 Å². The van der Waals surface area contributed by atoms with E-state index in [2.05, 4.69) is 6.92 Å². The molecular weight excluding hydrogens is 448 g/mol. The highest BCUT2D eigenvalue weighted by atomic mass is 16.6. The largest absolute Gasteiger partial charge is 0.458 e. The van der Waals surface area contributed by atoms with Crippen molar-refractivity contribution in [2.45, 2.75) is 78.9 Å². The summed E-state index contributed by atoms with van der Waals surface area (Å²) in [6, 6.07) is 0. The fraction of sp³-hybridized carbons (Fsp3) is 0.714. The molecule has 4 aliphatic carbocycles. The molecule has 2 unspecified atom stereocenters. The summed E-state index contributed by atoms with van der Waals surface area (Å²) in [5, 5.41) is 11.7. The monoisotopic (exact) mass is 486 g/mol. The third-order valence-corrected chi connectivity index (χ3v) is 9.59. The fourth-order valence-electron chi connectivity index (χ4n) is 8.06. The van der Waals surface area contributed by atoms with E-state index in [4.69, 9.17) is 9.47 Å². The zero-order valence-electron chi connectivity index (χ0n) is 21.6. The van der Waals surface area contributed by atoms with E-state index in [1.165, 1.54) is 6.92 Å². The second kappa shape index (κ2) is 8.68. The van der Waals surface area contributed by atoms with E-state index in [1.54, 1.807) is 26.0 Å². The van der Waals surface area contributed by atoms with Crippen molar-refractivity contribution in [2.75, 3.05) is 6.61 Å².